The van der Waals surface area contributed by atoms with Gasteiger partial charge in [0.15, 0.2) is 0 Å². The van der Waals surface area contributed by atoms with Crippen LogP contribution in [0.25, 0.3) is 11.3 Å². The summed E-state index contributed by atoms with van der Waals surface area (Å²) in [7, 11) is 0. The molecule has 4 nitrogen and oxygen atoms in total. The van der Waals surface area contributed by atoms with E-state index in [-0.39, 0.29) is 0 Å². The summed E-state index contributed by atoms with van der Waals surface area (Å²) in [6.45, 7) is 0.682. The highest BCUT2D eigenvalue weighted by molar-refractivity contribution is 5.60. The van der Waals surface area contributed by atoms with Gasteiger partial charge < -0.3 is 5.32 Å². The van der Waals surface area contributed by atoms with E-state index in [0.717, 1.165) is 22.5 Å². The van der Waals surface area contributed by atoms with Crippen LogP contribution in [0.5, 0.6) is 0 Å². The molecule has 0 radical (unpaired) electrons. The first-order valence-electron chi connectivity index (χ1n) is 6.68. The summed E-state index contributed by atoms with van der Waals surface area (Å²) >= 11 is 0. The number of nitrogens with one attached hydrogen (secondary N) is 2. The third-order valence-electron chi connectivity index (χ3n) is 3.30. The molecule has 2 N–H and O–H groups in total. The lowest BCUT2D eigenvalue weighted by molar-refractivity contribution is 1.09. The summed E-state index contributed by atoms with van der Waals surface area (Å²) in [4.78, 5) is 0. The number of anilines is 1. The maximum absolute atomic E-state index is 9.06. The number of nitriles is 1. The van der Waals surface area contributed by atoms with E-state index in [0.29, 0.717) is 12.1 Å². The Morgan fingerprint density at radius 2 is 1.86 bits per heavy atom. The molecule has 0 aliphatic heterocycles. The molecule has 1 heterocycles. The second-order valence-corrected chi connectivity index (χ2v) is 4.68. The molecular formula is C17H14N4. The fourth-order valence-corrected chi connectivity index (χ4v) is 2.15. The monoisotopic (exact) mass is 274 g/mol. The number of aromatic nitrogens is 2. The van der Waals surface area contributed by atoms with E-state index in [9.17, 15) is 0 Å². The van der Waals surface area contributed by atoms with Crippen molar-refractivity contribution in [2.75, 3.05) is 5.32 Å². The van der Waals surface area contributed by atoms with Gasteiger partial charge in [-0.3, -0.25) is 5.10 Å². The van der Waals surface area contributed by atoms with Crippen LogP contribution in [0.1, 0.15) is 11.1 Å². The Balaban J connectivity index is 1.70. The molecule has 1 aromatic heterocycles. The fraction of sp³-hybridized carbons (Fsp3) is 0.0588. The van der Waals surface area contributed by atoms with Crippen molar-refractivity contribution in [1.29, 1.82) is 5.26 Å². The zero-order valence-electron chi connectivity index (χ0n) is 11.4. The molecule has 0 aliphatic carbocycles. The Kier molecular flexibility index (Phi) is 3.66. The van der Waals surface area contributed by atoms with Crippen molar-refractivity contribution in [2.24, 2.45) is 0 Å². The van der Waals surface area contributed by atoms with Crippen LogP contribution in [0.3, 0.4) is 0 Å². The minimum atomic E-state index is 0.659. The minimum absolute atomic E-state index is 0.659. The first-order chi connectivity index (χ1) is 10.4. The topological polar surface area (TPSA) is 64.5 Å². The van der Waals surface area contributed by atoms with Crippen molar-refractivity contribution in [3.8, 4) is 17.3 Å². The van der Waals surface area contributed by atoms with Gasteiger partial charge in [0.2, 0.25) is 0 Å². The SMILES string of the molecule is N#Cc1ccccc1NCc1ccc(-c2ccn[nH]2)cc1. The number of rotatable bonds is 4. The van der Waals surface area contributed by atoms with E-state index in [4.69, 9.17) is 5.26 Å². The van der Waals surface area contributed by atoms with Crippen LogP contribution in [0.15, 0.2) is 60.8 Å². The summed E-state index contributed by atoms with van der Waals surface area (Å²) in [5.41, 5.74) is 4.79. The Labute approximate surface area is 123 Å². The molecule has 0 fully saturated rings. The lowest BCUT2D eigenvalue weighted by Crippen LogP contribution is -2.01. The Morgan fingerprint density at radius 3 is 2.57 bits per heavy atom. The standard InChI is InChI=1S/C17H14N4/c18-11-15-3-1-2-4-16(15)19-12-13-5-7-14(8-6-13)17-9-10-20-21-17/h1-10,19H,12H2,(H,20,21). The van der Waals surface area contributed by atoms with Crippen molar-refractivity contribution in [1.82, 2.24) is 10.2 Å². The predicted octanol–water partition coefficient (Wildman–Crippen LogP) is 3.56. The largest absolute Gasteiger partial charge is 0.380 e. The van der Waals surface area contributed by atoms with E-state index in [2.05, 4.69) is 45.8 Å². The van der Waals surface area contributed by atoms with Crippen molar-refractivity contribution in [3.63, 3.8) is 0 Å². The van der Waals surface area contributed by atoms with Crippen molar-refractivity contribution >= 4 is 5.69 Å². The first-order valence-corrected chi connectivity index (χ1v) is 6.68. The van der Waals surface area contributed by atoms with Crippen LogP contribution < -0.4 is 5.32 Å². The number of benzene rings is 2. The molecule has 4 heteroatoms. The van der Waals surface area contributed by atoms with Crippen LogP contribution >= 0.6 is 0 Å². The van der Waals surface area contributed by atoms with Gasteiger partial charge in [-0.15, -0.1) is 0 Å². The molecule has 0 saturated heterocycles. The smallest absolute Gasteiger partial charge is 0.101 e. The molecule has 2 aromatic carbocycles. The number of hydrogen-bond acceptors (Lipinski definition) is 3. The van der Waals surface area contributed by atoms with Gasteiger partial charge in [0.25, 0.3) is 0 Å². The highest BCUT2D eigenvalue weighted by Crippen LogP contribution is 2.18. The van der Waals surface area contributed by atoms with Crippen molar-refractivity contribution in [2.45, 2.75) is 6.54 Å². The normalized spacial score (nSPS) is 10.0. The third kappa shape index (κ3) is 2.93. The summed E-state index contributed by atoms with van der Waals surface area (Å²) in [6.07, 6.45) is 1.74. The summed E-state index contributed by atoms with van der Waals surface area (Å²) < 4.78 is 0. The van der Waals surface area contributed by atoms with Crippen molar-refractivity contribution < 1.29 is 0 Å². The van der Waals surface area contributed by atoms with Gasteiger partial charge in [-0.1, -0.05) is 36.4 Å². The fourth-order valence-electron chi connectivity index (χ4n) is 2.15. The molecule has 102 valence electrons. The van der Waals surface area contributed by atoms with E-state index >= 15 is 0 Å². The lowest BCUT2D eigenvalue weighted by Gasteiger charge is -2.08. The maximum Gasteiger partial charge on any atom is 0.101 e. The second-order valence-electron chi connectivity index (χ2n) is 4.68. The molecular weight excluding hydrogens is 260 g/mol. The number of nitrogens with zero attached hydrogens (tertiary/aromatic N) is 2. The van der Waals surface area contributed by atoms with Gasteiger partial charge in [0, 0.05) is 12.7 Å². The van der Waals surface area contributed by atoms with E-state index in [1.807, 2.05) is 30.3 Å². The van der Waals surface area contributed by atoms with Crippen LogP contribution in [0.2, 0.25) is 0 Å². The van der Waals surface area contributed by atoms with Crippen LogP contribution in [-0.2, 0) is 6.54 Å². The second kappa shape index (κ2) is 5.93. The van der Waals surface area contributed by atoms with E-state index in [1.54, 1.807) is 6.20 Å². The maximum atomic E-state index is 9.06. The molecule has 3 aromatic rings. The Morgan fingerprint density at radius 1 is 1.05 bits per heavy atom. The quantitative estimate of drug-likeness (QED) is 0.764. The number of aromatic amines is 1. The summed E-state index contributed by atoms with van der Waals surface area (Å²) in [5, 5.41) is 19.2. The number of para-hydroxylation sites is 1. The minimum Gasteiger partial charge on any atom is -0.380 e. The molecule has 21 heavy (non-hydrogen) atoms. The average Bonchev–Trinajstić information content (AvgIpc) is 3.08. The highest BCUT2D eigenvalue weighted by Gasteiger charge is 2.01. The van der Waals surface area contributed by atoms with Gasteiger partial charge in [0.1, 0.15) is 6.07 Å². The zero-order valence-corrected chi connectivity index (χ0v) is 11.4. The summed E-state index contributed by atoms with van der Waals surface area (Å²) in [5.74, 6) is 0. The molecule has 0 aliphatic rings. The van der Waals surface area contributed by atoms with Gasteiger partial charge in [0.05, 0.1) is 16.9 Å². The third-order valence-corrected chi connectivity index (χ3v) is 3.30. The molecule has 3 rings (SSSR count). The molecule has 0 unspecified atom stereocenters. The van der Waals surface area contributed by atoms with Gasteiger partial charge in [-0.2, -0.15) is 10.4 Å². The molecule has 0 saturated carbocycles. The predicted molar refractivity (Wildman–Crippen MR) is 82.5 cm³/mol. The van der Waals surface area contributed by atoms with E-state index < -0.39 is 0 Å². The Hall–Kier alpha value is -3.06. The molecule has 0 atom stereocenters. The van der Waals surface area contributed by atoms with Gasteiger partial charge in [-0.05, 0) is 29.3 Å². The molecule has 0 spiro atoms. The number of hydrogen-bond donors (Lipinski definition) is 2. The number of H-pyrrole nitrogens is 1. The molecule has 0 bridgehead atoms. The zero-order chi connectivity index (χ0) is 14.5. The van der Waals surface area contributed by atoms with Crippen molar-refractivity contribution in [3.05, 3.63) is 71.9 Å². The highest BCUT2D eigenvalue weighted by atomic mass is 15.1. The van der Waals surface area contributed by atoms with Crippen LogP contribution in [-0.4, -0.2) is 10.2 Å². The first kappa shape index (κ1) is 12.9. The average molecular weight is 274 g/mol. The van der Waals surface area contributed by atoms with Gasteiger partial charge in [-0.25, -0.2) is 0 Å². The Bertz CT molecular complexity index is 752. The lowest BCUT2D eigenvalue weighted by atomic mass is 10.1. The molecule has 0 amide bonds. The van der Waals surface area contributed by atoms with Crippen LogP contribution in [0.4, 0.5) is 5.69 Å². The van der Waals surface area contributed by atoms with Gasteiger partial charge >= 0.3 is 0 Å². The van der Waals surface area contributed by atoms with E-state index in [1.165, 1.54) is 0 Å². The summed E-state index contributed by atoms with van der Waals surface area (Å²) in [6, 6.07) is 19.9. The van der Waals surface area contributed by atoms with Crippen LogP contribution in [0, 0.1) is 11.3 Å².